The molecule has 1 aliphatic heterocycles. The number of allylic oxidation sites excluding steroid dienone is 1. The minimum Gasteiger partial charge on any atom is -0.371 e. The van der Waals surface area contributed by atoms with E-state index < -0.39 is 12.5 Å². The van der Waals surface area contributed by atoms with Crippen molar-refractivity contribution in [1.82, 2.24) is 19.9 Å². The molecule has 5 rings (SSSR count). The number of piperazine rings is 1. The summed E-state index contributed by atoms with van der Waals surface area (Å²) in [4.78, 5) is 33.4. The van der Waals surface area contributed by atoms with Crippen molar-refractivity contribution in [2.45, 2.75) is 0 Å². The molecule has 0 aliphatic carbocycles. The number of amides is 1. The molecule has 0 atom stereocenters. The molecule has 2 aromatic carbocycles. The van der Waals surface area contributed by atoms with Crippen LogP contribution >= 0.6 is 11.6 Å². The zero-order valence-corrected chi connectivity index (χ0v) is 19.8. The van der Waals surface area contributed by atoms with Crippen LogP contribution in [-0.4, -0.2) is 58.6 Å². The van der Waals surface area contributed by atoms with Crippen LogP contribution in [-0.2, 0) is 4.79 Å². The van der Waals surface area contributed by atoms with Crippen molar-refractivity contribution in [3.63, 3.8) is 0 Å². The van der Waals surface area contributed by atoms with Gasteiger partial charge in [-0.3, -0.25) is 9.78 Å². The van der Waals surface area contributed by atoms with Crippen molar-refractivity contribution >= 4 is 45.0 Å². The zero-order valence-electron chi connectivity index (χ0n) is 19.0. The molecule has 2 aromatic heterocycles. The fourth-order valence-corrected chi connectivity index (χ4v) is 4.67. The number of benzene rings is 2. The number of nitrogens with zero attached hydrogens (tertiary/aromatic N) is 5. The molecule has 0 spiro atoms. The first-order chi connectivity index (χ1) is 17.5. The Kier molecular flexibility index (Phi) is 6.62. The lowest BCUT2D eigenvalue weighted by atomic mass is 10.0. The van der Waals surface area contributed by atoms with Crippen molar-refractivity contribution in [3.8, 4) is 17.3 Å². The second-order valence-electron chi connectivity index (χ2n) is 8.14. The van der Waals surface area contributed by atoms with Crippen LogP contribution < -0.4 is 15.6 Å². The van der Waals surface area contributed by atoms with Gasteiger partial charge in [-0.1, -0.05) is 41.9 Å². The number of hydrogen-bond donors (Lipinski definition) is 1. The minimum atomic E-state index is -0.702. The third-order valence-corrected chi connectivity index (χ3v) is 6.41. The second kappa shape index (κ2) is 10.00. The number of hydrogen-bond acceptors (Lipinski definition) is 7. The SMILES string of the molecule is NOc1nc(N2CCN(C(=O)/C=C/CF)CC2)c2cnc(-c3cccc4cccc(Cl)c34)c(F)c2n1. The highest BCUT2D eigenvalue weighted by Gasteiger charge is 2.25. The van der Waals surface area contributed by atoms with Crippen molar-refractivity contribution in [1.29, 1.82) is 0 Å². The lowest BCUT2D eigenvalue weighted by molar-refractivity contribution is -0.126. The zero-order chi connectivity index (χ0) is 25.2. The smallest absolute Gasteiger partial charge is 0.338 e. The summed E-state index contributed by atoms with van der Waals surface area (Å²) < 4.78 is 28.3. The quantitative estimate of drug-likeness (QED) is 0.319. The van der Waals surface area contributed by atoms with E-state index in [9.17, 15) is 9.18 Å². The minimum absolute atomic E-state index is 0.00103. The topological polar surface area (TPSA) is 97.5 Å². The van der Waals surface area contributed by atoms with E-state index in [-0.39, 0.29) is 23.1 Å². The van der Waals surface area contributed by atoms with Crippen molar-refractivity contribution < 1.29 is 18.4 Å². The van der Waals surface area contributed by atoms with Gasteiger partial charge in [-0.05, 0) is 17.5 Å². The van der Waals surface area contributed by atoms with E-state index in [1.165, 1.54) is 18.3 Å². The summed E-state index contributed by atoms with van der Waals surface area (Å²) >= 11 is 6.45. The van der Waals surface area contributed by atoms with Gasteiger partial charge in [0.15, 0.2) is 5.82 Å². The largest absolute Gasteiger partial charge is 0.371 e. The molecule has 1 aliphatic rings. The molecule has 8 nitrogen and oxygen atoms in total. The number of halogens is 3. The number of anilines is 1. The van der Waals surface area contributed by atoms with Crippen LogP contribution in [0.1, 0.15) is 0 Å². The lowest BCUT2D eigenvalue weighted by Gasteiger charge is -2.35. The first kappa shape index (κ1) is 23.8. The molecule has 1 saturated heterocycles. The monoisotopic (exact) mass is 510 g/mol. The Bertz CT molecular complexity index is 1490. The molecular formula is C25H21ClF2N6O2. The molecule has 2 N–H and O–H groups in total. The average molecular weight is 511 g/mol. The van der Waals surface area contributed by atoms with Gasteiger partial charge in [-0.15, -0.1) is 0 Å². The standard InChI is InChI=1S/C25H21ClF2N6O2/c26-18-7-2-5-15-4-1-6-16(20(15)18)22-21(28)23-17(14-30-22)24(32-25(31-23)36-29)34-12-10-33(11-13-34)19(35)8-3-9-27/h1-8,14H,9-13,29H2/b8-3+. The molecule has 36 heavy (non-hydrogen) atoms. The average Bonchev–Trinajstić information content (AvgIpc) is 2.91. The molecule has 11 heteroatoms. The van der Waals surface area contributed by atoms with Gasteiger partial charge in [-0.2, -0.15) is 15.9 Å². The third kappa shape index (κ3) is 4.29. The van der Waals surface area contributed by atoms with E-state index in [1.54, 1.807) is 17.0 Å². The summed E-state index contributed by atoms with van der Waals surface area (Å²) in [7, 11) is 0. The molecule has 0 radical (unpaired) electrons. The van der Waals surface area contributed by atoms with Gasteiger partial charge in [0.2, 0.25) is 5.91 Å². The highest BCUT2D eigenvalue weighted by Crippen LogP contribution is 2.37. The van der Waals surface area contributed by atoms with Gasteiger partial charge in [0.05, 0.1) is 5.39 Å². The molecule has 3 heterocycles. The molecule has 4 aromatic rings. The van der Waals surface area contributed by atoms with E-state index in [0.717, 1.165) is 5.39 Å². The molecule has 0 saturated carbocycles. The van der Waals surface area contributed by atoms with Crippen LogP contribution in [0.15, 0.2) is 54.7 Å². The maximum atomic E-state index is 16.0. The van der Waals surface area contributed by atoms with Gasteiger partial charge in [0.25, 0.3) is 0 Å². The summed E-state index contributed by atoms with van der Waals surface area (Å²) in [5.41, 5.74) is 0.615. The van der Waals surface area contributed by atoms with Crippen molar-refractivity contribution in [2.75, 3.05) is 37.8 Å². The fourth-order valence-electron chi connectivity index (χ4n) is 4.39. The van der Waals surface area contributed by atoms with E-state index in [4.69, 9.17) is 22.3 Å². The van der Waals surface area contributed by atoms with Crippen molar-refractivity contribution in [2.24, 2.45) is 5.90 Å². The maximum Gasteiger partial charge on any atom is 0.338 e. The number of carbonyl (C=O) groups is 1. The third-order valence-electron chi connectivity index (χ3n) is 6.10. The Labute approximate surface area is 209 Å². The van der Waals surface area contributed by atoms with Crippen molar-refractivity contribution in [3.05, 3.63) is 65.6 Å². The first-order valence-corrected chi connectivity index (χ1v) is 11.6. The Morgan fingerprint density at radius 1 is 1.14 bits per heavy atom. The number of carbonyl (C=O) groups excluding carboxylic acids is 1. The van der Waals surface area contributed by atoms with Gasteiger partial charge < -0.3 is 14.6 Å². The van der Waals surface area contributed by atoms with Crippen LogP contribution in [0.2, 0.25) is 5.02 Å². The molecular weight excluding hydrogens is 490 g/mol. The van der Waals surface area contributed by atoms with Crippen LogP contribution in [0.5, 0.6) is 6.01 Å². The summed E-state index contributed by atoms with van der Waals surface area (Å²) in [6.45, 7) is 0.873. The fraction of sp³-hybridized carbons (Fsp3) is 0.200. The number of pyridine rings is 1. The number of rotatable bonds is 5. The molecule has 0 bridgehead atoms. The molecule has 184 valence electrons. The Morgan fingerprint density at radius 3 is 2.61 bits per heavy atom. The number of nitrogens with two attached hydrogens (primary N) is 1. The van der Waals surface area contributed by atoms with E-state index in [1.807, 2.05) is 29.2 Å². The van der Waals surface area contributed by atoms with Gasteiger partial charge in [0.1, 0.15) is 23.7 Å². The van der Waals surface area contributed by atoms with E-state index >= 15 is 4.39 Å². The normalized spacial score (nSPS) is 14.2. The summed E-state index contributed by atoms with van der Waals surface area (Å²) in [6.07, 6.45) is 3.91. The maximum absolute atomic E-state index is 16.0. The number of fused-ring (bicyclic) bond motifs is 2. The summed E-state index contributed by atoms with van der Waals surface area (Å²) in [5, 5.41) is 2.39. The molecule has 0 unspecified atom stereocenters. The van der Waals surface area contributed by atoms with Gasteiger partial charge >= 0.3 is 6.01 Å². The Hall–Kier alpha value is -3.89. The van der Waals surface area contributed by atoms with Crippen LogP contribution in [0.4, 0.5) is 14.6 Å². The number of aromatic nitrogens is 3. The van der Waals surface area contributed by atoms with E-state index in [0.29, 0.717) is 53.4 Å². The molecule has 1 amide bonds. The Balaban J connectivity index is 1.56. The van der Waals surface area contributed by atoms with E-state index in [2.05, 4.69) is 15.0 Å². The van der Waals surface area contributed by atoms with Gasteiger partial charge in [0, 0.05) is 54.4 Å². The first-order valence-electron chi connectivity index (χ1n) is 11.2. The van der Waals surface area contributed by atoms with Crippen LogP contribution in [0, 0.1) is 5.82 Å². The van der Waals surface area contributed by atoms with Crippen LogP contribution in [0.3, 0.4) is 0 Å². The number of alkyl halides is 1. The highest BCUT2D eigenvalue weighted by atomic mass is 35.5. The second-order valence-corrected chi connectivity index (χ2v) is 8.55. The van der Waals surface area contributed by atoms with Gasteiger partial charge in [-0.25, -0.2) is 8.78 Å². The predicted molar refractivity (Wildman–Crippen MR) is 134 cm³/mol. The highest BCUT2D eigenvalue weighted by molar-refractivity contribution is 6.36. The summed E-state index contributed by atoms with van der Waals surface area (Å²) in [6, 6.07) is 10.7. The van der Waals surface area contributed by atoms with Crippen LogP contribution in [0.25, 0.3) is 32.9 Å². The predicted octanol–water partition coefficient (Wildman–Crippen LogP) is 4.06. The summed E-state index contributed by atoms with van der Waals surface area (Å²) in [5.74, 6) is 4.81. The Morgan fingerprint density at radius 2 is 1.89 bits per heavy atom. The lowest BCUT2D eigenvalue weighted by Crippen LogP contribution is -2.48. The molecule has 1 fully saturated rings.